The summed E-state index contributed by atoms with van der Waals surface area (Å²) in [7, 11) is 1.67. The molecule has 3 N–H and O–H groups in total. The Hall–Kier alpha value is -0.570. The molecule has 1 aliphatic rings. The van der Waals surface area contributed by atoms with E-state index in [2.05, 4.69) is 5.32 Å². The van der Waals surface area contributed by atoms with E-state index in [-0.39, 0.29) is 17.9 Å². The highest BCUT2D eigenvalue weighted by Crippen LogP contribution is 2.22. The molecule has 11 heavy (non-hydrogen) atoms. The van der Waals surface area contributed by atoms with Crippen molar-refractivity contribution in [2.75, 3.05) is 7.05 Å². The predicted octanol–water partition coefficient (Wildman–Crippen LogP) is 0.250. The number of hydrogen-bond donors (Lipinski definition) is 2. The van der Waals surface area contributed by atoms with Crippen molar-refractivity contribution in [3.05, 3.63) is 0 Å². The lowest BCUT2D eigenvalue weighted by Gasteiger charge is -2.26. The maximum atomic E-state index is 11.2. The van der Waals surface area contributed by atoms with Gasteiger partial charge in [0.1, 0.15) is 0 Å². The Balaban J connectivity index is 2.47. The minimum absolute atomic E-state index is 0.0637. The first-order valence-corrected chi connectivity index (χ1v) is 4.23. The van der Waals surface area contributed by atoms with E-state index in [4.69, 9.17) is 5.73 Å². The summed E-state index contributed by atoms with van der Waals surface area (Å²) in [6.45, 7) is 0. The third kappa shape index (κ3) is 1.93. The SMILES string of the molecule is CNC(=O)[C@H]1CCCC[C@H]1N. The van der Waals surface area contributed by atoms with E-state index in [0.29, 0.717) is 0 Å². The van der Waals surface area contributed by atoms with Crippen molar-refractivity contribution in [1.29, 1.82) is 0 Å². The molecule has 0 heterocycles. The van der Waals surface area contributed by atoms with Crippen molar-refractivity contribution in [3.63, 3.8) is 0 Å². The summed E-state index contributed by atoms with van der Waals surface area (Å²) in [4.78, 5) is 11.2. The van der Waals surface area contributed by atoms with Crippen LogP contribution in [0.15, 0.2) is 0 Å². The second kappa shape index (κ2) is 3.72. The van der Waals surface area contributed by atoms with Gasteiger partial charge in [0.15, 0.2) is 0 Å². The minimum atomic E-state index is 0.0637. The monoisotopic (exact) mass is 156 g/mol. The highest BCUT2D eigenvalue weighted by molar-refractivity contribution is 5.79. The van der Waals surface area contributed by atoms with Crippen LogP contribution in [0.25, 0.3) is 0 Å². The van der Waals surface area contributed by atoms with Crippen LogP contribution in [0.3, 0.4) is 0 Å². The second-order valence-electron chi connectivity index (χ2n) is 3.17. The maximum absolute atomic E-state index is 11.2. The summed E-state index contributed by atoms with van der Waals surface area (Å²) in [6, 6.07) is 0.0868. The number of carbonyl (C=O) groups excluding carboxylic acids is 1. The number of amides is 1. The molecule has 0 aliphatic heterocycles. The molecule has 0 aromatic carbocycles. The van der Waals surface area contributed by atoms with Gasteiger partial charge in [-0.15, -0.1) is 0 Å². The Kier molecular flexibility index (Phi) is 2.88. The molecule has 64 valence electrons. The lowest BCUT2D eigenvalue weighted by Crippen LogP contribution is -2.42. The average Bonchev–Trinajstić information content (AvgIpc) is 2.04. The molecular formula is C8H16N2O. The van der Waals surface area contributed by atoms with Crippen LogP contribution in [0.1, 0.15) is 25.7 Å². The molecule has 1 rings (SSSR count). The van der Waals surface area contributed by atoms with Gasteiger partial charge in [0.25, 0.3) is 0 Å². The van der Waals surface area contributed by atoms with Gasteiger partial charge in [-0.2, -0.15) is 0 Å². The van der Waals surface area contributed by atoms with Crippen LogP contribution >= 0.6 is 0 Å². The summed E-state index contributed by atoms with van der Waals surface area (Å²) in [5.41, 5.74) is 5.79. The lowest BCUT2D eigenvalue weighted by molar-refractivity contribution is -0.125. The Bertz CT molecular complexity index is 147. The zero-order valence-corrected chi connectivity index (χ0v) is 6.97. The molecule has 3 nitrogen and oxygen atoms in total. The number of carbonyl (C=O) groups is 1. The molecule has 0 aromatic rings. The third-order valence-corrected chi connectivity index (χ3v) is 2.40. The van der Waals surface area contributed by atoms with Gasteiger partial charge in [-0.1, -0.05) is 12.8 Å². The molecule has 2 atom stereocenters. The quantitative estimate of drug-likeness (QED) is 0.571. The van der Waals surface area contributed by atoms with E-state index >= 15 is 0 Å². The van der Waals surface area contributed by atoms with Crippen LogP contribution in [0.2, 0.25) is 0 Å². The van der Waals surface area contributed by atoms with E-state index in [0.717, 1.165) is 19.3 Å². The van der Waals surface area contributed by atoms with E-state index in [1.54, 1.807) is 7.05 Å². The Morgan fingerprint density at radius 3 is 2.64 bits per heavy atom. The van der Waals surface area contributed by atoms with Crippen LogP contribution in [-0.4, -0.2) is 19.0 Å². The minimum Gasteiger partial charge on any atom is -0.359 e. The van der Waals surface area contributed by atoms with E-state index in [9.17, 15) is 4.79 Å². The Labute approximate surface area is 67.3 Å². The molecule has 0 bridgehead atoms. The molecule has 1 amide bonds. The molecular weight excluding hydrogens is 140 g/mol. The lowest BCUT2D eigenvalue weighted by atomic mass is 9.84. The number of rotatable bonds is 1. The molecule has 0 saturated heterocycles. The molecule has 1 fully saturated rings. The van der Waals surface area contributed by atoms with Gasteiger partial charge >= 0.3 is 0 Å². The average molecular weight is 156 g/mol. The fraction of sp³-hybridized carbons (Fsp3) is 0.875. The fourth-order valence-electron chi connectivity index (χ4n) is 1.67. The summed E-state index contributed by atoms with van der Waals surface area (Å²) >= 11 is 0. The summed E-state index contributed by atoms with van der Waals surface area (Å²) < 4.78 is 0. The normalized spacial score (nSPS) is 31.5. The van der Waals surface area contributed by atoms with E-state index < -0.39 is 0 Å². The van der Waals surface area contributed by atoms with Crippen LogP contribution in [0.5, 0.6) is 0 Å². The van der Waals surface area contributed by atoms with Crippen molar-refractivity contribution in [1.82, 2.24) is 5.32 Å². The standard InChI is InChI=1S/C8H16N2O/c1-10-8(11)6-4-2-3-5-7(6)9/h6-7H,2-5,9H2,1H3,(H,10,11)/t6-,7+/m0/s1. The first-order valence-electron chi connectivity index (χ1n) is 4.23. The molecule has 1 aliphatic carbocycles. The zero-order valence-electron chi connectivity index (χ0n) is 6.97. The van der Waals surface area contributed by atoms with Crippen molar-refractivity contribution >= 4 is 5.91 Å². The van der Waals surface area contributed by atoms with Gasteiger partial charge < -0.3 is 11.1 Å². The number of nitrogens with two attached hydrogens (primary N) is 1. The first-order chi connectivity index (χ1) is 5.25. The molecule has 0 aromatic heterocycles. The summed E-state index contributed by atoms with van der Waals surface area (Å²) in [6.07, 6.45) is 4.28. The molecule has 0 spiro atoms. The maximum Gasteiger partial charge on any atom is 0.224 e. The van der Waals surface area contributed by atoms with Gasteiger partial charge in [0.05, 0.1) is 5.92 Å². The van der Waals surface area contributed by atoms with Crippen molar-refractivity contribution in [2.24, 2.45) is 11.7 Å². The van der Waals surface area contributed by atoms with Crippen LogP contribution in [0, 0.1) is 5.92 Å². The molecule has 0 unspecified atom stereocenters. The van der Waals surface area contributed by atoms with Gasteiger partial charge in [-0.3, -0.25) is 4.79 Å². The van der Waals surface area contributed by atoms with Crippen molar-refractivity contribution in [2.45, 2.75) is 31.7 Å². The zero-order chi connectivity index (χ0) is 8.27. The molecule has 1 saturated carbocycles. The third-order valence-electron chi connectivity index (χ3n) is 2.40. The second-order valence-corrected chi connectivity index (χ2v) is 3.17. The summed E-state index contributed by atoms with van der Waals surface area (Å²) in [5.74, 6) is 0.172. The van der Waals surface area contributed by atoms with E-state index in [1.807, 2.05) is 0 Å². The number of nitrogens with one attached hydrogen (secondary N) is 1. The van der Waals surface area contributed by atoms with Gasteiger partial charge in [-0.25, -0.2) is 0 Å². The van der Waals surface area contributed by atoms with Crippen molar-refractivity contribution in [3.8, 4) is 0 Å². The van der Waals surface area contributed by atoms with Gasteiger partial charge in [0.2, 0.25) is 5.91 Å². The summed E-state index contributed by atoms with van der Waals surface area (Å²) in [5, 5.41) is 2.65. The highest BCUT2D eigenvalue weighted by Gasteiger charge is 2.26. The highest BCUT2D eigenvalue weighted by atomic mass is 16.1. The van der Waals surface area contributed by atoms with E-state index in [1.165, 1.54) is 6.42 Å². The van der Waals surface area contributed by atoms with Crippen molar-refractivity contribution < 1.29 is 4.79 Å². The van der Waals surface area contributed by atoms with Crippen LogP contribution in [-0.2, 0) is 4.79 Å². The smallest absolute Gasteiger partial charge is 0.224 e. The Morgan fingerprint density at radius 2 is 2.09 bits per heavy atom. The Morgan fingerprint density at radius 1 is 1.45 bits per heavy atom. The van der Waals surface area contributed by atoms with Crippen LogP contribution < -0.4 is 11.1 Å². The molecule has 3 heteroatoms. The molecule has 0 radical (unpaired) electrons. The van der Waals surface area contributed by atoms with Gasteiger partial charge in [0, 0.05) is 13.1 Å². The van der Waals surface area contributed by atoms with Crippen LogP contribution in [0.4, 0.5) is 0 Å². The topological polar surface area (TPSA) is 55.1 Å². The number of hydrogen-bond acceptors (Lipinski definition) is 2. The predicted molar refractivity (Wildman–Crippen MR) is 44.0 cm³/mol. The largest absolute Gasteiger partial charge is 0.359 e. The fourth-order valence-corrected chi connectivity index (χ4v) is 1.67. The van der Waals surface area contributed by atoms with Gasteiger partial charge in [-0.05, 0) is 12.8 Å². The first kappa shape index (κ1) is 8.53.